The fourth-order valence-corrected chi connectivity index (χ4v) is 4.62. The molecule has 0 aromatic heterocycles. The van der Waals surface area contributed by atoms with Gasteiger partial charge < -0.3 is 4.90 Å². The lowest BCUT2D eigenvalue weighted by Crippen LogP contribution is -2.70. The van der Waals surface area contributed by atoms with E-state index in [2.05, 4.69) is 37.5 Å². The SMILES string of the molecule is CC(C)CN1CCN2[C@@H](C1)CN(S(C)(=O)=O)CC2(C)C. The molecule has 5 nitrogen and oxygen atoms in total. The van der Waals surface area contributed by atoms with E-state index in [-0.39, 0.29) is 5.54 Å². The van der Waals surface area contributed by atoms with Gasteiger partial charge >= 0.3 is 0 Å². The number of piperazine rings is 2. The molecule has 1 atom stereocenters. The first-order chi connectivity index (χ1) is 9.09. The van der Waals surface area contributed by atoms with Crippen molar-refractivity contribution in [2.24, 2.45) is 5.92 Å². The molecular formula is C14H29N3O2S. The molecular weight excluding hydrogens is 274 g/mol. The van der Waals surface area contributed by atoms with E-state index in [0.29, 0.717) is 25.0 Å². The fourth-order valence-electron chi connectivity index (χ4n) is 3.63. The van der Waals surface area contributed by atoms with Crippen molar-refractivity contribution >= 4 is 10.0 Å². The van der Waals surface area contributed by atoms with E-state index in [1.165, 1.54) is 6.26 Å². The van der Waals surface area contributed by atoms with Crippen molar-refractivity contribution in [2.75, 3.05) is 45.5 Å². The third-order valence-electron chi connectivity index (χ3n) is 4.41. The summed E-state index contributed by atoms with van der Waals surface area (Å²) in [6, 6.07) is 0.320. The average Bonchev–Trinajstić information content (AvgIpc) is 2.25. The fraction of sp³-hybridized carbons (Fsp3) is 1.00. The molecule has 2 aliphatic heterocycles. The van der Waals surface area contributed by atoms with Crippen molar-refractivity contribution in [3.63, 3.8) is 0 Å². The van der Waals surface area contributed by atoms with Crippen LogP contribution in [0, 0.1) is 5.92 Å². The Morgan fingerprint density at radius 1 is 1.20 bits per heavy atom. The second kappa shape index (κ2) is 5.55. The minimum absolute atomic E-state index is 0.0735. The molecule has 0 saturated carbocycles. The highest BCUT2D eigenvalue weighted by atomic mass is 32.2. The van der Waals surface area contributed by atoms with Gasteiger partial charge in [0.25, 0.3) is 0 Å². The number of hydrogen-bond acceptors (Lipinski definition) is 4. The summed E-state index contributed by atoms with van der Waals surface area (Å²) in [6.07, 6.45) is 1.33. The number of fused-ring (bicyclic) bond motifs is 1. The maximum atomic E-state index is 11.9. The van der Waals surface area contributed by atoms with Crippen LogP contribution in [0.1, 0.15) is 27.7 Å². The molecule has 0 amide bonds. The molecule has 0 aliphatic carbocycles. The third-order valence-corrected chi connectivity index (χ3v) is 5.63. The van der Waals surface area contributed by atoms with Crippen LogP contribution in [-0.4, -0.2) is 79.6 Å². The smallest absolute Gasteiger partial charge is 0.211 e. The number of rotatable bonds is 3. The number of sulfonamides is 1. The van der Waals surface area contributed by atoms with Crippen LogP contribution >= 0.6 is 0 Å². The minimum atomic E-state index is -3.10. The maximum Gasteiger partial charge on any atom is 0.211 e. The quantitative estimate of drug-likeness (QED) is 0.769. The summed E-state index contributed by atoms with van der Waals surface area (Å²) < 4.78 is 25.5. The number of nitrogens with zero attached hydrogens (tertiary/aromatic N) is 3. The summed E-state index contributed by atoms with van der Waals surface area (Å²) in [6.45, 7) is 14.3. The van der Waals surface area contributed by atoms with Crippen molar-refractivity contribution in [1.29, 1.82) is 0 Å². The van der Waals surface area contributed by atoms with E-state index in [9.17, 15) is 8.42 Å². The van der Waals surface area contributed by atoms with E-state index < -0.39 is 10.0 Å². The summed E-state index contributed by atoms with van der Waals surface area (Å²) in [5.74, 6) is 0.657. The molecule has 0 spiro atoms. The highest BCUT2D eigenvalue weighted by Crippen LogP contribution is 2.29. The molecule has 20 heavy (non-hydrogen) atoms. The van der Waals surface area contributed by atoms with Crippen LogP contribution in [0.25, 0.3) is 0 Å². The average molecular weight is 303 g/mol. The lowest BCUT2D eigenvalue weighted by Gasteiger charge is -2.55. The van der Waals surface area contributed by atoms with E-state index in [1.807, 2.05) is 0 Å². The molecule has 2 saturated heterocycles. The van der Waals surface area contributed by atoms with E-state index in [4.69, 9.17) is 0 Å². The van der Waals surface area contributed by atoms with Crippen LogP contribution in [0.15, 0.2) is 0 Å². The zero-order valence-electron chi connectivity index (χ0n) is 13.5. The van der Waals surface area contributed by atoms with Crippen molar-refractivity contribution in [2.45, 2.75) is 39.3 Å². The van der Waals surface area contributed by atoms with Gasteiger partial charge in [-0.3, -0.25) is 4.90 Å². The van der Waals surface area contributed by atoms with Gasteiger partial charge in [0.05, 0.1) is 6.26 Å². The Labute approximate surface area is 124 Å². The van der Waals surface area contributed by atoms with Crippen LogP contribution in [-0.2, 0) is 10.0 Å². The molecule has 118 valence electrons. The van der Waals surface area contributed by atoms with E-state index in [1.54, 1.807) is 4.31 Å². The molecule has 0 aromatic carbocycles. The van der Waals surface area contributed by atoms with Crippen molar-refractivity contribution in [1.82, 2.24) is 14.1 Å². The summed E-state index contributed by atoms with van der Waals surface area (Å²) in [5.41, 5.74) is -0.0735. The van der Waals surface area contributed by atoms with Crippen LogP contribution in [0.5, 0.6) is 0 Å². The lowest BCUT2D eigenvalue weighted by atomic mass is 9.94. The molecule has 6 heteroatoms. The van der Waals surface area contributed by atoms with Gasteiger partial charge in [0.15, 0.2) is 0 Å². The number of hydrogen-bond donors (Lipinski definition) is 0. The summed E-state index contributed by atoms with van der Waals surface area (Å²) in [4.78, 5) is 4.99. The molecule has 2 aliphatic rings. The highest BCUT2D eigenvalue weighted by Gasteiger charge is 2.44. The monoisotopic (exact) mass is 303 g/mol. The van der Waals surface area contributed by atoms with Crippen LogP contribution in [0.4, 0.5) is 0 Å². The Balaban J connectivity index is 2.12. The van der Waals surface area contributed by atoms with Crippen molar-refractivity contribution in [3.05, 3.63) is 0 Å². The normalized spacial score (nSPS) is 29.6. The summed E-state index contributed by atoms with van der Waals surface area (Å²) in [7, 11) is -3.10. The maximum absolute atomic E-state index is 11.9. The largest absolute Gasteiger partial charge is 0.300 e. The van der Waals surface area contributed by atoms with Crippen molar-refractivity contribution in [3.8, 4) is 0 Å². The molecule has 2 heterocycles. The highest BCUT2D eigenvalue weighted by molar-refractivity contribution is 7.88. The zero-order chi connectivity index (χ0) is 15.1. The predicted octanol–water partition coefficient (Wildman–Crippen LogP) is 0.682. The minimum Gasteiger partial charge on any atom is -0.300 e. The van der Waals surface area contributed by atoms with E-state index >= 15 is 0 Å². The first-order valence-corrected chi connectivity index (χ1v) is 9.38. The van der Waals surface area contributed by atoms with E-state index in [0.717, 1.165) is 26.2 Å². The van der Waals surface area contributed by atoms with Gasteiger partial charge in [-0.05, 0) is 19.8 Å². The first-order valence-electron chi connectivity index (χ1n) is 7.54. The summed E-state index contributed by atoms with van der Waals surface area (Å²) >= 11 is 0. The van der Waals surface area contributed by atoms with Crippen molar-refractivity contribution < 1.29 is 8.42 Å². The third kappa shape index (κ3) is 3.53. The Morgan fingerprint density at radius 2 is 1.85 bits per heavy atom. The Morgan fingerprint density at radius 3 is 2.40 bits per heavy atom. The van der Waals surface area contributed by atoms with Gasteiger partial charge in [-0.1, -0.05) is 13.8 Å². The lowest BCUT2D eigenvalue weighted by molar-refractivity contribution is -0.0449. The Kier molecular flexibility index (Phi) is 4.50. The second-order valence-electron chi connectivity index (χ2n) is 7.37. The standard InChI is InChI=1S/C14H29N3O2S/c1-12(2)8-15-6-7-17-13(9-15)10-16(20(5,18)19)11-14(17,3)4/h12-13H,6-11H2,1-5H3/t13-/m0/s1. The van der Waals surface area contributed by atoms with Gasteiger partial charge in [0.1, 0.15) is 0 Å². The zero-order valence-corrected chi connectivity index (χ0v) is 14.3. The molecule has 2 fully saturated rings. The van der Waals surface area contributed by atoms with Crippen LogP contribution in [0.2, 0.25) is 0 Å². The van der Waals surface area contributed by atoms with Gasteiger partial charge in [-0.25, -0.2) is 8.42 Å². The molecule has 2 rings (SSSR count). The molecule has 0 bridgehead atoms. The van der Waals surface area contributed by atoms with Gasteiger partial charge in [-0.15, -0.1) is 0 Å². The second-order valence-corrected chi connectivity index (χ2v) is 9.35. The molecule has 0 radical (unpaired) electrons. The van der Waals surface area contributed by atoms with Crippen LogP contribution in [0.3, 0.4) is 0 Å². The molecule has 0 N–H and O–H groups in total. The molecule has 0 unspecified atom stereocenters. The summed E-state index contributed by atoms with van der Waals surface area (Å²) in [5, 5.41) is 0. The van der Waals surface area contributed by atoms with Gasteiger partial charge in [0.2, 0.25) is 10.0 Å². The topological polar surface area (TPSA) is 43.9 Å². The molecule has 0 aromatic rings. The first kappa shape index (κ1) is 16.2. The Bertz CT molecular complexity index is 447. The Hall–Kier alpha value is -0.170. The van der Waals surface area contributed by atoms with Crippen LogP contribution < -0.4 is 0 Å². The predicted molar refractivity (Wildman–Crippen MR) is 82.3 cm³/mol. The van der Waals surface area contributed by atoms with Gasteiger partial charge in [-0.2, -0.15) is 4.31 Å². The van der Waals surface area contributed by atoms with Gasteiger partial charge in [0, 0.05) is 50.8 Å².